The summed E-state index contributed by atoms with van der Waals surface area (Å²) in [6, 6.07) is 4.64. The summed E-state index contributed by atoms with van der Waals surface area (Å²) in [4.78, 5) is 0.920. The third-order valence-electron chi connectivity index (χ3n) is 1.79. The first-order valence-electron chi connectivity index (χ1n) is 3.90. The molecule has 0 saturated heterocycles. The largest absolute Gasteiger partial charge is 0.387 e. The van der Waals surface area contributed by atoms with Gasteiger partial charge in [-0.05, 0) is 24.5 Å². The van der Waals surface area contributed by atoms with Crippen LogP contribution >= 0.6 is 11.8 Å². The number of hydrogen-bond acceptors (Lipinski definition) is 3. The van der Waals surface area contributed by atoms with Gasteiger partial charge in [0.25, 0.3) is 0 Å². The number of hydrogen-bond donors (Lipinski definition) is 2. The van der Waals surface area contributed by atoms with Crippen LogP contribution in [0.4, 0.5) is 4.39 Å². The van der Waals surface area contributed by atoms with Gasteiger partial charge in [-0.25, -0.2) is 4.39 Å². The van der Waals surface area contributed by atoms with Crippen molar-refractivity contribution in [1.82, 2.24) is 0 Å². The molecule has 1 atom stereocenters. The van der Waals surface area contributed by atoms with E-state index in [2.05, 4.69) is 0 Å². The summed E-state index contributed by atoms with van der Waals surface area (Å²) < 4.78 is 13.1. The van der Waals surface area contributed by atoms with E-state index in [1.165, 1.54) is 17.8 Å². The molecule has 0 amide bonds. The zero-order valence-corrected chi connectivity index (χ0v) is 8.14. The lowest BCUT2D eigenvalue weighted by Crippen LogP contribution is -2.13. The standard InChI is InChI=1S/C9H12FNOS/c1-13-6-2-3-8(10)7(4-6)9(12)5-11/h2-4,9,12H,5,11H2,1H3. The smallest absolute Gasteiger partial charge is 0.129 e. The van der Waals surface area contributed by atoms with E-state index in [1.807, 2.05) is 6.26 Å². The Morgan fingerprint density at radius 3 is 2.85 bits per heavy atom. The van der Waals surface area contributed by atoms with Crippen molar-refractivity contribution < 1.29 is 9.50 Å². The molecule has 0 heterocycles. The molecule has 0 aliphatic heterocycles. The zero-order valence-electron chi connectivity index (χ0n) is 7.33. The topological polar surface area (TPSA) is 46.2 Å². The Morgan fingerprint density at radius 1 is 1.62 bits per heavy atom. The van der Waals surface area contributed by atoms with Crippen LogP contribution in [-0.4, -0.2) is 17.9 Å². The highest BCUT2D eigenvalue weighted by atomic mass is 32.2. The van der Waals surface area contributed by atoms with Gasteiger partial charge < -0.3 is 10.8 Å². The number of thioether (sulfide) groups is 1. The molecule has 1 aromatic carbocycles. The summed E-state index contributed by atoms with van der Waals surface area (Å²) in [6.07, 6.45) is 0.985. The lowest BCUT2D eigenvalue weighted by atomic mass is 10.1. The van der Waals surface area contributed by atoms with Crippen molar-refractivity contribution >= 4 is 11.8 Å². The molecule has 2 nitrogen and oxygen atoms in total. The Morgan fingerprint density at radius 2 is 2.31 bits per heavy atom. The first-order valence-corrected chi connectivity index (χ1v) is 5.13. The van der Waals surface area contributed by atoms with E-state index in [1.54, 1.807) is 12.1 Å². The first-order chi connectivity index (χ1) is 6.19. The van der Waals surface area contributed by atoms with Crippen LogP contribution in [0.1, 0.15) is 11.7 Å². The summed E-state index contributed by atoms with van der Waals surface area (Å²) in [6.45, 7) is 0.0365. The van der Waals surface area contributed by atoms with E-state index < -0.39 is 11.9 Å². The van der Waals surface area contributed by atoms with Crippen LogP contribution in [0.5, 0.6) is 0 Å². The van der Waals surface area contributed by atoms with Gasteiger partial charge >= 0.3 is 0 Å². The molecule has 0 radical (unpaired) electrons. The van der Waals surface area contributed by atoms with Crippen molar-refractivity contribution in [1.29, 1.82) is 0 Å². The van der Waals surface area contributed by atoms with Crippen molar-refractivity contribution in [3.8, 4) is 0 Å². The highest BCUT2D eigenvalue weighted by Gasteiger charge is 2.11. The number of nitrogens with two attached hydrogens (primary N) is 1. The third-order valence-corrected chi connectivity index (χ3v) is 2.51. The van der Waals surface area contributed by atoms with Crippen LogP contribution in [-0.2, 0) is 0 Å². The lowest BCUT2D eigenvalue weighted by Gasteiger charge is -2.10. The molecular formula is C9H12FNOS. The normalized spacial score (nSPS) is 12.9. The molecule has 0 bridgehead atoms. The van der Waals surface area contributed by atoms with Gasteiger partial charge in [0.2, 0.25) is 0 Å². The van der Waals surface area contributed by atoms with E-state index in [0.717, 1.165) is 4.90 Å². The summed E-state index contributed by atoms with van der Waals surface area (Å²) >= 11 is 1.50. The number of aliphatic hydroxyl groups excluding tert-OH is 1. The molecule has 1 unspecified atom stereocenters. The molecule has 0 saturated carbocycles. The van der Waals surface area contributed by atoms with Crippen LogP contribution < -0.4 is 5.73 Å². The van der Waals surface area contributed by atoms with Crippen LogP contribution in [0.3, 0.4) is 0 Å². The predicted molar refractivity (Wildman–Crippen MR) is 52.2 cm³/mol. The first kappa shape index (κ1) is 10.5. The number of halogens is 1. The Bertz CT molecular complexity index is 293. The fourth-order valence-corrected chi connectivity index (χ4v) is 1.48. The molecule has 0 aromatic heterocycles. The minimum atomic E-state index is -0.910. The van der Waals surface area contributed by atoms with Gasteiger partial charge in [0.1, 0.15) is 5.82 Å². The van der Waals surface area contributed by atoms with Gasteiger partial charge in [0, 0.05) is 17.0 Å². The molecule has 0 fully saturated rings. The predicted octanol–water partition coefficient (Wildman–Crippen LogP) is 1.54. The molecule has 1 rings (SSSR count). The number of aliphatic hydroxyl groups is 1. The Kier molecular flexibility index (Phi) is 3.71. The third kappa shape index (κ3) is 2.43. The summed E-state index contributed by atoms with van der Waals surface area (Å²) in [5.41, 5.74) is 5.51. The van der Waals surface area contributed by atoms with Gasteiger partial charge in [-0.15, -0.1) is 11.8 Å². The summed E-state index contributed by atoms with van der Waals surface area (Å²) in [7, 11) is 0. The second-order valence-corrected chi connectivity index (χ2v) is 3.52. The fourth-order valence-electron chi connectivity index (χ4n) is 1.03. The molecule has 0 aliphatic carbocycles. The minimum absolute atomic E-state index is 0.0365. The van der Waals surface area contributed by atoms with E-state index in [-0.39, 0.29) is 12.1 Å². The summed E-state index contributed by atoms with van der Waals surface area (Å²) in [5.74, 6) is -0.407. The van der Waals surface area contributed by atoms with Gasteiger partial charge in [0.15, 0.2) is 0 Å². The van der Waals surface area contributed by atoms with Crippen molar-refractivity contribution in [2.75, 3.05) is 12.8 Å². The highest BCUT2D eigenvalue weighted by Crippen LogP contribution is 2.22. The van der Waals surface area contributed by atoms with Crippen LogP contribution in [0.2, 0.25) is 0 Å². The lowest BCUT2D eigenvalue weighted by molar-refractivity contribution is 0.181. The molecular weight excluding hydrogens is 189 g/mol. The maximum Gasteiger partial charge on any atom is 0.129 e. The average molecular weight is 201 g/mol. The van der Waals surface area contributed by atoms with Crippen LogP contribution in [0, 0.1) is 5.82 Å². The molecule has 1 aromatic rings. The maximum absolute atomic E-state index is 13.1. The molecule has 0 spiro atoms. The van der Waals surface area contributed by atoms with Crippen molar-refractivity contribution in [3.05, 3.63) is 29.6 Å². The van der Waals surface area contributed by atoms with Crippen molar-refractivity contribution in [3.63, 3.8) is 0 Å². The highest BCUT2D eigenvalue weighted by molar-refractivity contribution is 7.98. The van der Waals surface area contributed by atoms with Crippen LogP contribution in [0.15, 0.2) is 23.1 Å². The second kappa shape index (κ2) is 4.60. The molecule has 13 heavy (non-hydrogen) atoms. The minimum Gasteiger partial charge on any atom is -0.387 e. The molecule has 4 heteroatoms. The van der Waals surface area contributed by atoms with E-state index in [0.29, 0.717) is 0 Å². The summed E-state index contributed by atoms with van der Waals surface area (Å²) in [5, 5.41) is 9.36. The SMILES string of the molecule is CSc1ccc(F)c(C(O)CN)c1. The molecule has 3 N–H and O–H groups in total. The Labute approximate surface area is 80.9 Å². The molecule has 0 aliphatic rings. The monoisotopic (exact) mass is 201 g/mol. The van der Waals surface area contributed by atoms with Gasteiger partial charge in [-0.2, -0.15) is 0 Å². The van der Waals surface area contributed by atoms with E-state index in [4.69, 9.17) is 5.73 Å². The van der Waals surface area contributed by atoms with E-state index >= 15 is 0 Å². The average Bonchev–Trinajstić information content (AvgIpc) is 2.17. The van der Waals surface area contributed by atoms with Gasteiger partial charge in [-0.3, -0.25) is 0 Å². The fraction of sp³-hybridized carbons (Fsp3) is 0.333. The molecule has 72 valence electrons. The zero-order chi connectivity index (χ0) is 9.84. The van der Waals surface area contributed by atoms with Crippen molar-refractivity contribution in [2.24, 2.45) is 5.73 Å². The quantitative estimate of drug-likeness (QED) is 0.729. The Balaban J connectivity index is 3.03. The number of rotatable bonds is 3. The Hall–Kier alpha value is -0.580. The number of benzene rings is 1. The van der Waals surface area contributed by atoms with Crippen LogP contribution in [0.25, 0.3) is 0 Å². The second-order valence-electron chi connectivity index (χ2n) is 2.64. The van der Waals surface area contributed by atoms with Gasteiger partial charge in [-0.1, -0.05) is 0 Å². The van der Waals surface area contributed by atoms with E-state index in [9.17, 15) is 9.50 Å². The van der Waals surface area contributed by atoms with Gasteiger partial charge in [0.05, 0.1) is 6.10 Å². The van der Waals surface area contributed by atoms with Crippen molar-refractivity contribution in [2.45, 2.75) is 11.0 Å². The maximum atomic E-state index is 13.1.